The smallest absolute Gasteiger partial charge is 0.333 e. The molecular formula is C22H18F3N3S2. The monoisotopic (exact) mass is 445 g/mol. The van der Waals surface area contributed by atoms with Gasteiger partial charge in [-0.25, -0.2) is 4.98 Å². The summed E-state index contributed by atoms with van der Waals surface area (Å²) in [4.78, 5) is 13.4. The molecule has 2 aromatic carbocycles. The Kier molecular flexibility index (Phi) is 6.06. The lowest BCUT2D eigenvalue weighted by atomic mass is 10.1. The summed E-state index contributed by atoms with van der Waals surface area (Å²) in [6.07, 6.45) is -2.58. The quantitative estimate of drug-likeness (QED) is 0.329. The molecule has 0 atom stereocenters. The van der Waals surface area contributed by atoms with Gasteiger partial charge in [0, 0.05) is 22.6 Å². The van der Waals surface area contributed by atoms with E-state index < -0.39 is 11.7 Å². The van der Waals surface area contributed by atoms with Gasteiger partial charge in [0.15, 0.2) is 5.16 Å². The minimum atomic E-state index is -4.33. The van der Waals surface area contributed by atoms with E-state index in [1.54, 1.807) is 24.0 Å². The molecule has 0 radical (unpaired) electrons. The van der Waals surface area contributed by atoms with Crippen molar-refractivity contribution in [3.05, 3.63) is 83.2 Å². The maximum atomic E-state index is 12.9. The Morgan fingerprint density at radius 3 is 2.60 bits per heavy atom. The molecule has 0 aliphatic carbocycles. The third-order valence-corrected chi connectivity index (χ3v) is 6.74. The van der Waals surface area contributed by atoms with Crippen molar-refractivity contribution < 1.29 is 13.2 Å². The van der Waals surface area contributed by atoms with Crippen LogP contribution in [0.15, 0.2) is 70.8 Å². The fourth-order valence-corrected chi connectivity index (χ4v) is 4.90. The van der Waals surface area contributed by atoms with Crippen LogP contribution >= 0.6 is 23.5 Å². The molecule has 0 aliphatic rings. The number of benzene rings is 2. The van der Waals surface area contributed by atoms with Gasteiger partial charge in [0.25, 0.3) is 0 Å². The van der Waals surface area contributed by atoms with Crippen molar-refractivity contribution in [2.24, 2.45) is 0 Å². The predicted octanol–water partition coefficient (Wildman–Crippen LogP) is 6.87. The molecule has 30 heavy (non-hydrogen) atoms. The van der Waals surface area contributed by atoms with Gasteiger partial charge in [0.2, 0.25) is 0 Å². The number of para-hydroxylation sites is 2. The standard InChI is InChI=1S/C22H18F3N3S2/c1-14-19(13-30-21-27-17-7-2-3-8-18(17)28-21)26-10-9-20(14)29-12-15-5-4-6-16(11-15)22(23,24)25/h2-11H,12-13H2,1H3,(H,27,28). The van der Waals surface area contributed by atoms with Crippen LogP contribution in [0.5, 0.6) is 0 Å². The summed E-state index contributed by atoms with van der Waals surface area (Å²) in [5, 5.41) is 0.833. The van der Waals surface area contributed by atoms with E-state index in [4.69, 9.17) is 0 Å². The molecule has 0 spiro atoms. The number of nitrogens with zero attached hydrogens (tertiary/aromatic N) is 2. The van der Waals surface area contributed by atoms with Crippen LogP contribution in [0, 0.1) is 6.92 Å². The number of H-pyrrole nitrogens is 1. The molecular weight excluding hydrogens is 427 g/mol. The average molecular weight is 446 g/mol. The molecule has 154 valence electrons. The van der Waals surface area contributed by atoms with Gasteiger partial charge in [-0.2, -0.15) is 13.2 Å². The van der Waals surface area contributed by atoms with E-state index in [-0.39, 0.29) is 0 Å². The topological polar surface area (TPSA) is 41.6 Å². The number of thioether (sulfide) groups is 2. The summed E-state index contributed by atoms with van der Waals surface area (Å²) in [5.74, 6) is 1.12. The SMILES string of the molecule is Cc1c(SCc2cccc(C(F)(F)F)c2)ccnc1CSc1nc2ccccc2[nH]1. The van der Waals surface area contributed by atoms with E-state index in [1.165, 1.54) is 23.9 Å². The van der Waals surface area contributed by atoms with Crippen molar-refractivity contribution >= 4 is 34.6 Å². The Labute approximate surface area is 180 Å². The summed E-state index contributed by atoms with van der Waals surface area (Å²) in [6.45, 7) is 2.00. The number of aromatic nitrogens is 3. The Balaban J connectivity index is 1.44. The lowest BCUT2D eigenvalue weighted by molar-refractivity contribution is -0.137. The van der Waals surface area contributed by atoms with Crippen LogP contribution in [0.2, 0.25) is 0 Å². The van der Waals surface area contributed by atoms with E-state index in [0.717, 1.165) is 38.4 Å². The van der Waals surface area contributed by atoms with Gasteiger partial charge in [0.1, 0.15) is 0 Å². The molecule has 4 aromatic rings. The molecule has 8 heteroatoms. The fourth-order valence-electron chi connectivity index (χ4n) is 2.99. The van der Waals surface area contributed by atoms with Crippen molar-refractivity contribution in [3.8, 4) is 0 Å². The molecule has 2 heterocycles. The first-order chi connectivity index (χ1) is 14.4. The number of aromatic amines is 1. The number of nitrogens with one attached hydrogen (secondary N) is 1. The average Bonchev–Trinajstić information content (AvgIpc) is 3.15. The molecule has 1 N–H and O–H groups in total. The number of fused-ring (bicyclic) bond motifs is 1. The highest BCUT2D eigenvalue weighted by molar-refractivity contribution is 7.98. The van der Waals surface area contributed by atoms with E-state index in [0.29, 0.717) is 17.1 Å². The highest BCUT2D eigenvalue weighted by Crippen LogP contribution is 2.33. The summed E-state index contributed by atoms with van der Waals surface area (Å²) in [5.41, 5.74) is 3.93. The second kappa shape index (κ2) is 8.73. The number of alkyl halides is 3. The third kappa shape index (κ3) is 4.82. The van der Waals surface area contributed by atoms with Crippen molar-refractivity contribution in [1.82, 2.24) is 15.0 Å². The zero-order valence-electron chi connectivity index (χ0n) is 16.0. The van der Waals surface area contributed by atoms with E-state index in [9.17, 15) is 13.2 Å². The Morgan fingerprint density at radius 1 is 0.967 bits per heavy atom. The zero-order valence-corrected chi connectivity index (χ0v) is 17.7. The maximum Gasteiger partial charge on any atom is 0.416 e. The number of hydrogen-bond donors (Lipinski definition) is 1. The van der Waals surface area contributed by atoms with E-state index in [2.05, 4.69) is 15.0 Å². The number of halogens is 3. The summed E-state index contributed by atoms with van der Waals surface area (Å²) in [6, 6.07) is 15.3. The number of pyridine rings is 1. The molecule has 4 rings (SSSR count). The van der Waals surface area contributed by atoms with Crippen LogP contribution < -0.4 is 0 Å². The lowest BCUT2D eigenvalue weighted by Crippen LogP contribution is -2.04. The summed E-state index contributed by atoms with van der Waals surface area (Å²) < 4.78 is 38.7. The first-order valence-electron chi connectivity index (χ1n) is 9.21. The molecule has 0 saturated heterocycles. The fraction of sp³-hybridized carbons (Fsp3) is 0.182. The number of hydrogen-bond acceptors (Lipinski definition) is 4. The first kappa shape index (κ1) is 20.8. The minimum absolute atomic E-state index is 0.463. The van der Waals surface area contributed by atoms with Crippen LogP contribution in [0.4, 0.5) is 13.2 Å². The third-order valence-electron chi connectivity index (χ3n) is 4.62. The number of rotatable bonds is 6. The predicted molar refractivity (Wildman–Crippen MR) is 116 cm³/mol. The second-order valence-electron chi connectivity index (χ2n) is 6.72. The van der Waals surface area contributed by atoms with Crippen LogP contribution in [-0.4, -0.2) is 15.0 Å². The molecule has 0 bridgehead atoms. The Bertz CT molecular complexity index is 1140. The van der Waals surface area contributed by atoms with Crippen LogP contribution in [0.3, 0.4) is 0 Å². The van der Waals surface area contributed by atoms with Gasteiger partial charge in [-0.3, -0.25) is 4.98 Å². The second-order valence-corrected chi connectivity index (χ2v) is 8.70. The number of imidazole rings is 1. The highest BCUT2D eigenvalue weighted by Gasteiger charge is 2.30. The molecule has 0 unspecified atom stereocenters. The molecule has 0 amide bonds. The van der Waals surface area contributed by atoms with Gasteiger partial charge in [-0.1, -0.05) is 42.1 Å². The zero-order chi connectivity index (χ0) is 21.1. The Morgan fingerprint density at radius 2 is 1.80 bits per heavy atom. The van der Waals surface area contributed by atoms with Gasteiger partial charge in [-0.15, -0.1) is 11.8 Å². The van der Waals surface area contributed by atoms with Gasteiger partial charge < -0.3 is 4.98 Å². The van der Waals surface area contributed by atoms with Gasteiger partial charge >= 0.3 is 6.18 Å². The lowest BCUT2D eigenvalue weighted by Gasteiger charge is -2.11. The van der Waals surface area contributed by atoms with Crippen molar-refractivity contribution in [3.63, 3.8) is 0 Å². The summed E-state index contributed by atoms with van der Waals surface area (Å²) >= 11 is 3.10. The van der Waals surface area contributed by atoms with Gasteiger partial charge in [-0.05, 0) is 42.3 Å². The van der Waals surface area contributed by atoms with Crippen LogP contribution in [0.25, 0.3) is 11.0 Å². The van der Waals surface area contributed by atoms with Crippen LogP contribution in [0.1, 0.15) is 22.4 Å². The normalized spacial score (nSPS) is 11.9. The maximum absolute atomic E-state index is 12.9. The van der Waals surface area contributed by atoms with Crippen molar-refractivity contribution in [2.45, 2.75) is 34.7 Å². The molecule has 2 aromatic heterocycles. The van der Waals surface area contributed by atoms with E-state index >= 15 is 0 Å². The Hall–Kier alpha value is -2.45. The molecule has 0 aliphatic heterocycles. The summed E-state index contributed by atoms with van der Waals surface area (Å²) in [7, 11) is 0. The van der Waals surface area contributed by atoms with Crippen molar-refractivity contribution in [1.29, 1.82) is 0 Å². The van der Waals surface area contributed by atoms with Crippen LogP contribution in [-0.2, 0) is 17.7 Å². The van der Waals surface area contributed by atoms with Crippen molar-refractivity contribution in [2.75, 3.05) is 0 Å². The first-order valence-corrected chi connectivity index (χ1v) is 11.2. The minimum Gasteiger partial charge on any atom is -0.333 e. The molecule has 0 fully saturated rings. The van der Waals surface area contributed by atoms with E-state index in [1.807, 2.05) is 37.3 Å². The highest BCUT2D eigenvalue weighted by atomic mass is 32.2. The molecule has 3 nitrogen and oxygen atoms in total. The largest absolute Gasteiger partial charge is 0.416 e. The molecule has 0 saturated carbocycles. The van der Waals surface area contributed by atoms with Gasteiger partial charge in [0.05, 0.1) is 22.3 Å².